The zero-order valence-electron chi connectivity index (χ0n) is 21.6. The van der Waals surface area contributed by atoms with Crippen LogP contribution in [0.2, 0.25) is 0 Å². The third-order valence-electron chi connectivity index (χ3n) is 7.03. The number of rotatable bonds is 11. The molecular weight excluding hydrogens is 444 g/mol. The largest absolute Gasteiger partial charge is 0.447 e. The number of unbranched alkanes of at least 4 members (excludes halogenated alkanes) is 1. The number of hydrogen-bond acceptors (Lipinski definition) is 5. The first-order valence-corrected chi connectivity index (χ1v) is 13.2. The van der Waals surface area contributed by atoms with Crippen LogP contribution in [0.15, 0.2) is 30.3 Å². The molecule has 194 valence electrons. The number of alkyl carbamates (subject to hydrolysis) is 1. The second-order valence-electron chi connectivity index (χ2n) is 10.0. The summed E-state index contributed by atoms with van der Waals surface area (Å²) in [5.41, 5.74) is 0.593. The van der Waals surface area contributed by atoms with Crippen molar-refractivity contribution in [1.29, 1.82) is 0 Å². The first-order valence-electron chi connectivity index (χ1n) is 13.2. The van der Waals surface area contributed by atoms with E-state index < -0.39 is 17.7 Å². The van der Waals surface area contributed by atoms with Crippen molar-refractivity contribution in [1.82, 2.24) is 20.4 Å². The number of piperidine rings is 1. The highest BCUT2D eigenvalue weighted by Crippen LogP contribution is 2.34. The predicted octanol–water partition coefficient (Wildman–Crippen LogP) is 3.11. The molecule has 3 rings (SSSR count). The van der Waals surface area contributed by atoms with E-state index in [1.807, 2.05) is 11.0 Å². The monoisotopic (exact) mass is 486 g/mol. The predicted molar refractivity (Wildman–Crippen MR) is 136 cm³/mol. The maximum Gasteiger partial charge on any atom is 0.407 e. The summed E-state index contributed by atoms with van der Waals surface area (Å²) in [6.45, 7) is 9.36. The molecule has 0 aromatic heterocycles. The van der Waals surface area contributed by atoms with Crippen LogP contribution in [0.1, 0.15) is 64.9 Å². The Bertz CT molecular complexity index is 837. The molecule has 1 spiro atoms. The molecule has 35 heavy (non-hydrogen) atoms. The van der Waals surface area contributed by atoms with Gasteiger partial charge in [0.15, 0.2) is 0 Å². The zero-order chi connectivity index (χ0) is 25.3. The van der Waals surface area contributed by atoms with E-state index in [1.165, 1.54) is 5.56 Å². The van der Waals surface area contributed by atoms with Gasteiger partial charge in [-0.05, 0) is 64.4 Å². The van der Waals surface area contributed by atoms with Gasteiger partial charge in [-0.1, -0.05) is 37.3 Å². The summed E-state index contributed by atoms with van der Waals surface area (Å²) >= 11 is 0. The SMILES string of the molecule is CCCN1C(=O)[C@H](CCCCNC(=O)OC(C)C)NC(=O)C12CCN(CCc1ccccc1)CC2. The van der Waals surface area contributed by atoms with Gasteiger partial charge in [0.05, 0.1) is 6.10 Å². The fourth-order valence-corrected chi connectivity index (χ4v) is 5.11. The van der Waals surface area contributed by atoms with Crippen LogP contribution in [-0.2, 0) is 20.7 Å². The Morgan fingerprint density at radius 2 is 1.86 bits per heavy atom. The van der Waals surface area contributed by atoms with Gasteiger partial charge in [0.2, 0.25) is 11.8 Å². The molecule has 1 aromatic rings. The molecule has 0 unspecified atom stereocenters. The highest BCUT2D eigenvalue weighted by atomic mass is 16.6. The topological polar surface area (TPSA) is 91.0 Å². The van der Waals surface area contributed by atoms with Crippen molar-refractivity contribution in [2.45, 2.75) is 83.4 Å². The molecule has 8 nitrogen and oxygen atoms in total. The third kappa shape index (κ3) is 7.19. The lowest BCUT2D eigenvalue weighted by atomic mass is 9.81. The van der Waals surface area contributed by atoms with Gasteiger partial charge in [0.25, 0.3) is 0 Å². The average molecular weight is 487 g/mol. The molecule has 2 fully saturated rings. The normalized spacial score (nSPS) is 20.2. The standard InChI is InChI=1S/C27H42N4O4/c1-4-17-31-24(32)23(12-8-9-16-28-26(34)35-21(2)3)29-25(33)27(31)14-19-30(20-15-27)18-13-22-10-6-5-7-11-22/h5-7,10-11,21,23H,4,8-9,12-20H2,1-3H3,(H,28,34)(H,29,33)/t23-/m0/s1. The summed E-state index contributed by atoms with van der Waals surface area (Å²) in [5.74, 6) is 0.0354. The van der Waals surface area contributed by atoms with Crippen molar-refractivity contribution in [2.24, 2.45) is 0 Å². The molecule has 2 heterocycles. The number of ether oxygens (including phenoxy) is 1. The molecule has 2 N–H and O–H groups in total. The van der Waals surface area contributed by atoms with Crippen molar-refractivity contribution in [2.75, 3.05) is 32.7 Å². The molecule has 0 aliphatic carbocycles. The smallest absolute Gasteiger partial charge is 0.407 e. The maximum absolute atomic E-state index is 13.4. The van der Waals surface area contributed by atoms with Gasteiger partial charge in [-0.25, -0.2) is 4.79 Å². The fourth-order valence-electron chi connectivity index (χ4n) is 5.11. The lowest BCUT2D eigenvalue weighted by Crippen LogP contribution is -2.72. The minimum Gasteiger partial charge on any atom is -0.447 e. The van der Waals surface area contributed by atoms with E-state index >= 15 is 0 Å². The van der Waals surface area contributed by atoms with Crippen LogP contribution >= 0.6 is 0 Å². The minimum absolute atomic E-state index is 0.00287. The minimum atomic E-state index is -0.727. The average Bonchev–Trinajstić information content (AvgIpc) is 2.84. The fraction of sp³-hybridized carbons (Fsp3) is 0.667. The maximum atomic E-state index is 13.4. The molecule has 1 atom stereocenters. The van der Waals surface area contributed by atoms with E-state index in [0.29, 0.717) is 32.4 Å². The van der Waals surface area contributed by atoms with E-state index in [1.54, 1.807) is 13.8 Å². The number of piperazine rings is 1. The van der Waals surface area contributed by atoms with E-state index in [4.69, 9.17) is 4.74 Å². The van der Waals surface area contributed by atoms with Gasteiger partial charge in [-0.3, -0.25) is 9.59 Å². The molecule has 0 radical (unpaired) electrons. The van der Waals surface area contributed by atoms with Crippen molar-refractivity contribution in [3.8, 4) is 0 Å². The van der Waals surface area contributed by atoms with Crippen LogP contribution in [0.3, 0.4) is 0 Å². The molecule has 3 amide bonds. The van der Waals surface area contributed by atoms with Crippen LogP contribution in [0.5, 0.6) is 0 Å². The third-order valence-corrected chi connectivity index (χ3v) is 7.03. The van der Waals surface area contributed by atoms with Gasteiger partial charge in [0.1, 0.15) is 11.6 Å². The number of nitrogens with one attached hydrogen (secondary N) is 2. The van der Waals surface area contributed by atoms with Crippen molar-refractivity contribution in [3.05, 3.63) is 35.9 Å². The highest BCUT2D eigenvalue weighted by molar-refractivity contribution is 6.00. The summed E-state index contributed by atoms with van der Waals surface area (Å²) in [4.78, 5) is 42.7. The molecule has 2 aliphatic rings. The van der Waals surface area contributed by atoms with Crippen LogP contribution in [0.4, 0.5) is 4.79 Å². The molecule has 8 heteroatoms. The van der Waals surface area contributed by atoms with Crippen molar-refractivity contribution in [3.63, 3.8) is 0 Å². The van der Waals surface area contributed by atoms with Crippen LogP contribution in [0, 0.1) is 0 Å². The van der Waals surface area contributed by atoms with Crippen molar-refractivity contribution < 1.29 is 19.1 Å². The number of hydrogen-bond donors (Lipinski definition) is 2. The lowest BCUT2D eigenvalue weighted by Gasteiger charge is -2.51. The summed E-state index contributed by atoms with van der Waals surface area (Å²) in [7, 11) is 0. The van der Waals surface area contributed by atoms with E-state index in [2.05, 4.69) is 46.7 Å². The Hall–Kier alpha value is -2.61. The first kappa shape index (κ1) is 27.0. The Kier molecular flexibility index (Phi) is 9.95. The zero-order valence-corrected chi connectivity index (χ0v) is 21.6. The number of carbonyl (C=O) groups excluding carboxylic acids is 3. The molecular formula is C27H42N4O4. The van der Waals surface area contributed by atoms with E-state index in [-0.39, 0.29) is 17.9 Å². The van der Waals surface area contributed by atoms with Gasteiger partial charge < -0.3 is 25.2 Å². The summed E-state index contributed by atoms with van der Waals surface area (Å²) in [6, 6.07) is 9.97. The highest BCUT2D eigenvalue weighted by Gasteiger charge is 2.52. The van der Waals surface area contributed by atoms with Crippen molar-refractivity contribution >= 4 is 17.9 Å². The second kappa shape index (κ2) is 12.9. The summed E-state index contributed by atoms with van der Waals surface area (Å²) in [6.07, 6.45) is 4.62. The molecule has 0 bridgehead atoms. The van der Waals surface area contributed by atoms with E-state index in [9.17, 15) is 14.4 Å². The molecule has 2 aliphatic heterocycles. The molecule has 0 saturated carbocycles. The number of benzene rings is 1. The Morgan fingerprint density at radius 1 is 1.14 bits per heavy atom. The first-order chi connectivity index (χ1) is 16.9. The van der Waals surface area contributed by atoms with E-state index in [0.717, 1.165) is 45.3 Å². The van der Waals surface area contributed by atoms with Gasteiger partial charge in [0, 0.05) is 32.7 Å². The van der Waals surface area contributed by atoms with Gasteiger partial charge in [-0.15, -0.1) is 0 Å². The van der Waals surface area contributed by atoms with Crippen LogP contribution in [0.25, 0.3) is 0 Å². The van der Waals surface area contributed by atoms with Crippen LogP contribution < -0.4 is 10.6 Å². The number of nitrogens with zero attached hydrogens (tertiary/aromatic N) is 2. The Balaban J connectivity index is 1.50. The summed E-state index contributed by atoms with van der Waals surface area (Å²) in [5, 5.41) is 5.78. The van der Waals surface area contributed by atoms with Gasteiger partial charge >= 0.3 is 6.09 Å². The van der Waals surface area contributed by atoms with Crippen LogP contribution in [-0.4, -0.2) is 78.1 Å². The number of likely N-dealkylation sites (tertiary alicyclic amines) is 1. The quantitative estimate of drug-likeness (QED) is 0.469. The molecule has 1 aromatic carbocycles. The second-order valence-corrected chi connectivity index (χ2v) is 10.0. The molecule has 2 saturated heterocycles. The van der Waals surface area contributed by atoms with Gasteiger partial charge in [-0.2, -0.15) is 0 Å². The Labute approximate surface area is 209 Å². The Morgan fingerprint density at radius 3 is 2.51 bits per heavy atom. The lowest BCUT2D eigenvalue weighted by molar-refractivity contribution is -0.161. The number of amides is 3. The number of carbonyl (C=O) groups is 3. The summed E-state index contributed by atoms with van der Waals surface area (Å²) < 4.78 is 5.06.